The van der Waals surface area contributed by atoms with E-state index in [4.69, 9.17) is 33.9 Å². The lowest BCUT2D eigenvalue weighted by molar-refractivity contribution is -0.132. The third-order valence-electron chi connectivity index (χ3n) is 23.2. The van der Waals surface area contributed by atoms with Crippen molar-refractivity contribution < 1.29 is 67.8 Å². The fraction of sp³-hybridized carbons (Fsp3) is 0.278. The second kappa shape index (κ2) is 36.6. The van der Waals surface area contributed by atoms with Crippen molar-refractivity contribution in [1.29, 1.82) is 0 Å². The summed E-state index contributed by atoms with van der Waals surface area (Å²) in [5.74, 6) is -1.27. The maximum atomic E-state index is 13.3. The number of aromatic amines is 3. The molecule has 4 amide bonds. The zero-order chi connectivity index (χ0) is 85.5. The molecule has 12 aromatic rings. The molecule has 2 unspecified atom stereocenters. The van der Waals surface area contributed by atoms with Crippen LogP contribution in [-0.2, 0) is 57.4 Å². The Morgan fingerprint density at radius 3 is 1.13 bits per heavy atom. The predicted molar refractivity (Wildman–Crippen MR) is 474 cm³/mol. The molecule has 18 rings (SSSR count). The van der Waals surface area contributed by atoms with Crippen molar-refractivity contribution in [2.75, 3.05) is 108 Å². The Balaban J connectivity index is 0.000000137. The van der Waals surface area contributed by atoms with Gasteiger partial charge in [0, 0.05) is 112 Å². The minimum atomic E-state index is -0.466. The van der Waals surface area contributed by atoms with Gasteiger partial charge in [-0.05, 0) is 180 Å². The highest BCUT2D eigenvalue weighted by atomic mass is 16.5. The molecule has 3 fully saturated rings. The van der Waals surface area contributed by atoms with Crippen LogP contribution in [0.15, 0.2) is 215 Å². The number of benzene rings is 9. The topological polar surface area (TPSA) is 321 Å². The van der Waals surface area contributed by atoms with E-state index in [0.717, 1.165) is 131 Å². The summed E-state index contributed by atoms with van der Waals surface area (Å²) in [6.07, 6.45) is 7.30. The molecule has 26 nitrogen and oxygen atoms in total. The molecule has 6 aliphatic rings. The van der Waals surface area contributed by atoms with Crippen LogP contribution in [0.3, 0.4) is 0 Å². The first-order valence-electron chi connectivity index (χ1n) is 41.7. The first-order chi connectivity index (χ1) is 59.7. The third-order valence-corrected chi connectivity index (χ3v) is 23.2. The number of aliphatic imine (C=N–C) groups is 3. The number of morpholine rings is 1. The second-order valence-corrected chi connectivity index (χ2v) is 31.5. The summed E-state index contributed by atoms with van der Waals surface area (Å²) in [7, 11) is 2.66. The lowest BCUT2D eigenvalue weighted by atomic mass is 10.00. The van der Waals surface area contributed by atoms with Crippen molar-refractivity contribution in [2.45, 2.75) is 84.3 Å². The van der Waals surface area contributed by atoms with Gasteiger partial charge in [-0.15, -0.1) is 0 Å². The van der Waals surface area contributed by atoms with Gasteiger partial charge in [-0.2, -0.15) is 0 Å². The molecule has 3 saturated heterocycles. The molecule has 0 radical (unpaired) electrons. The van der Waals surface area contributed by atoms with Crippen LogP contribution >= 0.6 is 0 Å². The summed E-state index contributed by atoms with van der Waals surface area (Å²) in [5, 5.41) is 35.3. The van der Waals surface area contributed by atoms with Crippen molar-refractivity contribution >= 4 is 126 Å². The van der Waals surface area contributed by atoms with E-state index in [1.54, 1.807) is 71.3 Å². The number of nitrogens with zero attached hydrogens (tertiary/aromatic N) is 9. The van der Waals surface area contributed by atoms with Crippen molar-refractivity contribution in [3.05, 3.63) is 267 Å². The van der Waals surface area contributed by atoms with Crippen molar-refractivity contribution in [1.82, 2.24) is 29.7 Å². The number of likely N-dealkylation sites (tertiary alicyclic amines) is 2. The van der Waals surface area contributed by atoms with E-state index >= 15 is 0 Å². The van der Waals surface area contributed by atoms with E-state index in [1.807, 2.05) is 169 Å². The van der Waals surface area contributed by atoms with Crippen LogP contribution in [0.4, 0.5) is 34.1 Å². The standard InChI is InChI=1S/C33H34N4O5.C33H34N4O4.C31H28N4O5/c1-20-17-36(18-21(2)42-20)19-29(38)37-14-13-23-15-25(10-12-28(23)37)34-31(22-7-5-4-6-8-22)30-26-11-9-24(33(40)41-3)16-27(26)35-32(30)39;1-2-41-33(40)24-11-13-26-27(20-24)35-32(39)30(26)31(22-9-5-3-6-10-22)34-25-12-14-28-23(19-25)15-18-37(28)29(38)21-36-16-7-4-8-17-36;1-40-31(39)21-9-11-23-24(17-21)33-30(38)28(23)29(19-6-3-2-4-7-19)32-22-10-12-25-20(16-22)13-15-35(25)27(37)18-34-14-5-8-26(34)36/h4-12,15-16,20-21,35,39H,13-14,17-19H2,1-3H3;3,5-6,9-14,19-20,35,39H,2,4,7-8,15-18,21H2,1H3;2-4,6-7,9-12,16-17,33,38H,5,8,13-15,18H2,1H3. The molecule has 0 saturated carbocycles. The quantitative estimate of drug-likeness (QED) is 0.0249. The molecular formula is C97H96N12O14. The number of rotatable bonds is 19. The number of hydrogen-bond donors (Lipinski definition) is 6. The molecule has 6 aliphatic heterocycles. The number of anilines is 3. The molecule has 628 valence electrons. The third kappa shape index (κ3) is 18.0. The maximum absolute atomic E-state index is 13.3. The molecular weight excluding hydrogens is 1560 g/mol. The van der Waals surface area contributed by atoms with Crippen LogP contribution in [0.1, 0.15) is 134 Å². The number of esters is 3. The smallest absolute Gasteiger partial charge is 0.338 e. The van der Waals surface area contributed by atoms with E-state index in [9.17, 15) is 48.9 Å². The number of amides is 4. The largest absolute Gasteiger partial charge is 0.494 e. The van der Waals surface area contributed by atoms with E-state index < -0.39 is 17.9 Å². The van der Waals surface area contributed by atoms with Crippen molar-refractivity contribution in [2.24, 2.45) is 15.0 Å². The fourth-order valence-corrected chi connectivity index (χ4v) is 17.4. The van der Waals surface area contributed by atoms with Crippen molar-refractivity contribution in [3.63, 3.8) is 0 Å². The summed E-state index contributed by atoms with van der Waals surface area (Å²) in [6, 6.07) is 61.9. The Morgan fingerprint density at radius 1 is 0.407 bits per heavy atom. The first kappa shape index (κ1) is 82.9. The van der Waals surface area contributed by atoms with Crippen LogP contribution in [0, 0.1) is 0 Å². The normalized spacial score (nSPS) is 16.7. The molecule has 3 aromatic heterocycles. The lowest BCUT2D eigenvalue weighted by Gasteiger charge is -2.35. The highest BCUT2D eigenvalue weighted by molar-refractivity contribution is 6.24. The van der Waals surface area contributed by atoms with E-state index in [2.05, 4.69) is 24.8 Å². The van der Waals surface area contributed by atoms with Gasteiger partial charge in [0.2, 0.25) is 23.6 Å². The molecule has 2 atom stereocenters. The van der Waals surface area contributed by atoms with E-state index in [-0.39, 0.29) is 66.6 Å². The van der Waals surface area contributed by atoms with Gasteiger partial charge in [0.05, 0.1) is 114 Å². The summed E-state index contributed by atoms with van der Waals surface area (Å²) in [4.78, 5) is 123. The first-order valence-corrected chi connectivity index (χ1v) is 41.7. The van der Waals surface area contributed by atoms with Gasteiger partial charge in [-0.1, -0.05) is 116 Å². The lowest BCUT2D eigenvalue weighted by Crippen LogP contribution is -2.49. The number of aromatic nitrogens is 3. The number of piperidine rings is 1. The van der Waals surface area contributed by atoms with Gasteiger partial charge in [0.1, 0.15) is 6.54 Å². The van der Waals surface area contributed by atoms with Gasteiger partial charge < -0.3 is 68.8 Å². The Bertz CT molecular complexity index is 6140. The Kier molecular flexibility index (Phi) is 24.7. The molecule has 9 aromatic carbocycles. The highest BCUT2D eigenvalue weighted by Crippen LogP contribution is 2.41. The SMILES string of the molecule is CCOC(=O)c1ccc2c(C(=Nc3ccc4c(c3)CCN4C(=O)CN3CCCCC3)c3ccccc3)c(O)[nH]c2c1.COC(=O)c1ccc2c(C(=Nc3ccc4c(c3)CCN4C(=O)CN3CC(C)OC(C)C3)c3ccccc3)c(O)[nH]c2c1.COC(=O)c1ccc2c(C(=Nc3ccc4c(c3)CCN4C(=O)CN3CCCC3=O)c3ccccc3)c(O)[nH]c2c1. The summed E-state index contributed by atoms with van der Waals surface area (Å²) < 4.78 is 20.6. The average Bonchev–Trinajstić information content (AvgIpc) is 1.64. The van der Waals surface area contributed by atoms with Crippen LogP contribution < -0.4 is 14.7 Å². The molecule has 9 heterocycles. The number of nitrogens with one attached hydrogen (secondary N) is 3. The minimum absolute atomic E-state index is 0.0285. The molecule has 0 bridgehead atoms. The summed E-state index contributed by atoms with van der Waals surface area (Å²) in [5.41, 5.74) is 16.8. The van der Waals surface area contributed by atoms with Crippen LogP contribution in [-0.4, -0.2) is 209 Å². The number of hydrogen-bond acceptors (Lipinski definition) is 19. The van der Waals surface area contributed by atoms with Crippen LogP contribution in [0.2, 0.25) is 0 Å². The maximum Gasteiger partial charge on any atom is 0.338 e. The van der Waals surface area contributed by atoms with Crippen molar-refractivity contribution in [3.8, 4) is 17.6 Å². The monoisotopic (exact) mass is 1650 g/mol. The highest BCUT2D eigenvalue weighted by Gasteiger charge is 2.34. The Labute approximate surface area is 710 Å². The van der Waals surface area contributed by atoms with E-state index in [0.29, 0.717) is 130 Å². The van der Waals surface area contributed by atoms with Crippen LogP contribution in [0.5, 0.6) is 17.6 Å². The summed E-state index contributed by atoms with van der Waals surface area (Å²) >= 11 is 0. The zero-order valence-corrected chi connectivity index (χ0v) is 69.2. The van der Waals surface area contributed by atoms with Gasteiger partial charge in [0.15, 0.2) is 17.6 Å². The number of carbonyl (C=O) groups excluding carboxylic acids is 7. The van der Waals surface area contributed by atoms with Crippen LogP contribution in [0.25, 0.3) is 32.7 Å². The number of ether oxygens (including phenoxy) is 4. The Hall–Kier alpha value is -13.8. The van der Waals surface area contributed by atoms with Gasteiger partial charge >= 0.3 is 17.9 Å². The van der Waals surface area contributed by atoms with Gasteiger partial charge in [-0.25, -0.2) is 29.4 Å². The molecule has 0 aliphatic carbocycles. The molecule has 26 heteroatoms. The number of fused-ring (bicyclic) bond motifs is 6. The van der Waals surface area contributed by atoms with E-state index in [1.165, 1.54) is 20.6 Å². The predicted octanol–water partition coefficient (Wildman–Crippen LogP) is 14.8. The fourth-order valence-electron chi connectivity index (χ4n) is 17.4. The number of carbonyl (C=O) groups is 7. The number of aromatic hydroxyl groups is 3. The Morgan fingerprint density at radius 2 is 0.772 bits per heavy atom. The van der Waals surface area contributed by atoms with Gasteiger partial charge in [0.25, 0.3) is 0 Å². The average molecular weight is 1650 g/mol. The number of H-pyrrole nitrogens is 3. The summed E-state index contributed by atoms with van der Waals surface area (Å²) in [6.45, 7) is 13.0. The molecule has 6 N–H and O–H groups in total. The second-order valence-electron chi connectivity index (χ2n) is 31.5. The number of methoxy groups -OCH3 is 2. The van der Waals surface area contributed by atoms with Gasteiger partial charge in [-0.3, -0.25) is 29.0 Å². The zero-order valence-electron chi connectivity index (χ0n) is 69.2. The molecule has 0 spiro atoms. The minimum Gasteiger partial charge on any atom is -0.494 e. The molecule has 123 heavy (non-hydrogen) atoms.